The molecule has 0 saturated heterocycles. The highest BCUT2D eigenvalue weighted by atomic mass is 32.1. The lowest BCUT2D eigenvalue weighted by Crippen LogP contribution is -2.34. The summed E-state index contributed by atoms with van der Waals surface area (Å²) in [6.45, 7) is 7.99. The molecule has 2 rings (SSSR count). The fourth-order valence-corrected chi connectivity index (χ4v) is 3.22. The number of thiocarbonyl (C=S) groups is 1. The molecule has 0 spiro atoms. The normalized spacial score (nSPS) is 10.3. The fraction of sp³-hybridized carbons (Fsp3) is 0.375. The molecule has 0 bridgehead atoms. The largest absolute Gasteiger partial charge is 0.494 e. The highest BCUT2D eigenvalue weighted by Gasteiger charge is 2.13. The van der Waals surface area contributed by atoms with Crippen molar-refractivity contribution in [3.63, 3.8) is 0 Å². The molecular weight excluding hydrogens is 410 g/mol. The molecule has 0 saturated carbocycles. The van der Waals surface area contributed by atoms with Gasteiger partial charge in [-0.15, -0.1) is 0 Å². The Hall–Kier alpha value is -2.93. The van der Waals surface area contributed by atoms with E-state index in [-0.39, 0.29) is 16.9 Å². The summed E-state index contributed by atoms with van der Waals surface area (Å²) in [5.74, 6) is 0.383. The average Bonchev–Trinajstić information content (AvgIpc) is 2.78. The minimum absolute atomic E-state index is 0.0411. The second kappa shape index (κ2) is 12.7. The number of nitrogens with zero attached hydrogens (tertiary/aromatic N) is 1. The molecule has 0 fully saturated rings. The number of amides is 2. The predicted molar refractivity (Wildman–Crippen MR) is 129 cm³/mol. The Kier molecular flexibility index (Phi) is 9.97. The van der Waals surface area contributed by atoms with E-state index < -0.39 is 0 Å². The summed E-state index contributed by atoms with van der Waals surface area (Å²) in [7, 11) is 0. The highest BCUT2D eigenvalue weighted by Crippen LogP contribution is 2.15. The van der Waals surface area contributed by atoms with Crippen LogP contribution in [0.2, 0.25) is 0 Å². The van der Waals surface area contributed by atoms with Gasteiger partial charge in [0.05, 0.1) is 6.61 Å². The van der Waals surface area contributed by atoms with Crippen molar-refractivity contribution in [3.8, 4) is 5.75 Å². The Morgan fingerprint density at radius 1 is 0.968 bits per heavy atom. The van der Waals surface area contributed by atoms with Crippen LogP contribution in [0.1, 0.15) is 60.7 Å². The second-order valence-corrected chi connectivity index (χ2v) is 7.45. The molecule has 0 atom stereocenters. The number of hydrogen-bond acceptors (Lipinski definition) is 4. The van der Waals surface area contributed by atoms with E-state index in [9.17, 15) is 9.59 Å². The van der Waals surface area contributed by atoms with Crippen LogP contribution in [0.25, 0.3) is 0 Å². The van der Waals surface area contributed by atoms with Crippen molar-refractivity contribution in [1.82, 2.24) is 10.2 Å². The molecule has 7 heteroatoms. The van der Waals surface area contributed by atoms with Crippen molar-refractivity contribution < 1.29 is 14.3 Å². The van der Waals surface area contributed by atoms with E-state index in [1.165, 1.54) is 0 Å². The highest BCUT2D eigenvalue weighted by molar-refractivity contribution is 7.80. The maximum absolute atomic E-state index is 12.5. The third-order valence-corrected chi connectivity index (χ3v) is 4.98. The quantitative estimate of drug-likeness (QED) is 0.407. The van der Waals surface area contributed by atoms with E-state index in [0.717, 1.165) is 25.0 Å². The molecule has 0 aliphatic rings. The number of ether oxygens (including phenoxy) is 1. The Bertz CT molecular complexity index is 880. The van der Waals surface area contributed by atoms with Gasteiger partial charge < -0.3 is 15.0 Å². The SMILES string of the molecule is CCCCCOc1ccc(C(=O)NC(=S)Nc2cccc(C(=O)N(CC)CC)c2)cc1. The lowest BCUT2D eigenvalue weighted by atomic mass is 10.1. The van der Waals surface area contributed by atoms with Crippen LogP contribution >= 0.6 is 12.2 Å². The molecule has 31 heavy (non-hydrogen) atoms. The van der Waals surface area contributed by atoms with Crippen LogP contribution in [-0.2, 0) is 0 Å². The number of rotatable bonds is 10. The molecule has 0 aliphatic carbocycles. The molecule has 0 heterocycles. The van der Waals surface area contributed by atoms with Crippen LogP contribution in [0.5, 0.6) is 5.75 Å². The Balaban J connectivity index is 1.91. The summed E-state index contributed by atoms with van der Waals surface area (Å²) in [5, 5.41) is 5.80. The zero-order chi connectivity index (χ0) is 22.6. The van der Waals surface area contributed by atoms with E-state index in [1.54, 1.807) is 53.4 Å². The summed E-state index contributed by atoms with van der Waals surface area (Å²) in [5.41, 5.74) is 1.69. The summed E-state index contributed by atoms with van der Waals surface area (Å²) in [6, 6.07) is 14.0. The molecule has 2 aromatic rings. The fourth-order valence-electron chi connectivity index (χ4n) is 3.01. The Morgan fingerprint density at radius 3 is 2.32 bits per heavy atom. The Morgan fingerprint density at radius 2 is 1.68 bits per heavy atom. The third-order valence-electron chi connectivity index (χ3n) is 4.78. The maximum Gasteiger partial charge on any atom is 0.257 e. The van der Waals surface area contributed by atoms with Gasteiger partial charge in [-0.25, -0.2) is 0 Å². The van der Waals surface area contributed by atoms with Crippen molar-refractivity contribution in [1.29, 1.82) is 0 Å². The van der Waals surface area contributed by atoms with Gasteiger partial charge in [-0.3, -0.25) is 14.9 Å². The van der Waals surface area contributed by atoms with E-state index in [0.29, 0.717) is 36.5 Å². The standard InChI is InChI=1S/C24H31N3O3S/c1-4-7-8-16-30-21-14-12-18(13-15-21)22(28)26-24(31)25-20-11-9-10-19(17-20)23(29)27(5-2)6-3/h9-15,17H,4-8,16H2,1-3H3,(H2,25,26,28,31). The lowest BCUT2D eigenvalue weighted by molar-refractivity contribution is 0.0772. The lowest BCUT2D eigenvalue weighted by Gasteiger charge is -2.19. The summed E-state index contributed by atoms with van der Waals surface area (Å²) in [6.07, 6.45) is 3.30. The van der Waals surface area contributed by atoms with E-state index in [1.807, 2.05) is 13.8 Å². The topological polar surface area (TPSA) is 70.7 Å². The number of anilines is 1. The number of nitrogens with one attached hydrogen (secondary N) is 2. The number of unbranched alkanes of at least 4 members (excludes halogenated alkanes) is 2. The van der Waals surface area contributed by atoms with Gasteiger partial charge in [0.2, 0.25) is 0 Å². The van der Waals surface area contributed by atoms with E-state index >= 15 is 0 Å². The smallest absolute Gasteiger partial charge is 0.257 e. The van der Waals surface area contributed by atoms with Gasteiger partial charge >= 0.3 is 0 Å². The van der Waals surface area contributed by atoms with Crippen LogP contribution in [0, 0.1) is 0 Å². The average molecular weight is 442 g/mol. The second-order valence-electron chi connectivity index (χ2n) is 7.05. The molecule has 166 valence electrons. The maximum atomic E-state index is 12.5. The van der Waals surface area contributed by atoms with Crippen molar-refractivity contribution in [2.45, 2.75) is 40.0 Å². The van der Waals surface area contributed by atoms with Gasteiger partial charge in [0.25, 0.3) is 11.8 Å². The molecular formula is C24H31N3O3S. The van der Waals surface area contributed by atoms with Crippen LogP contribution in [-0.4, -0.2) is 41.5 Å². The zero-order valence-electron chi connectivity index (χ0n) is 18.4. The number of carbonyl (C=O) groups is 2. The van der Waals surface area contributed by atoms with Crippen molar-refractivity contribution in [2.75, 3.05) is 25.0 Å². The predicted octanol–water partition coefficient (Wildman–Crippen LogP) is 4.86. The van der Waals surface area contributed by atoms with Gasteiger partial charge in [0, 0.05) is 29.9 Å². The van der Waals surface area contributed by atoms with Crippen LogP contribution < -0.4 is 15.4 Å². The van der Waals surface area contributed by atoms with Gasteiger partial charge in [0.15, 0.2) is 5.11 Å². The van der Waals surface area contributed by atoms with Gasteiger partial charge in [-0.05, 0) is 75.0 Å². The third kappa shape index (κ3) is 7.68. The molecule has 0 aliphatic heterocycles. The van der Waals surface area contributed by atoms with Crippen molar-refractivity contribution in [2.24, 2.45) is 0 Å². The van der Waals surface area contributed by atoms with Crippen molar-refractivity contribution >= 4 is 34.8 Å². The Labute approximate surface area is 190 Å². The van der Waals surface area contributed by atoms with Gasteiger partial charge in [-0.2, -0.15) is 0 Å². The number of hydrogen-bond donors (Lipinski definition) is 2. The minimum atomic E-state index is -0.314. The molecule has 0 aromatic heterocycles. The van der Waals surface area contributed by atoms with Crippen LogP contribution in [0.15, 0.2) is 48.5 Å². The van der Waals surface area contributed by atoms with Gasteiger partial charge in [0.1, 0.15) is 5.75 Å². The van der Waals surface area contributed by atoms with E-state index in [2.05, 4.69) is 17.6 Å². The molecule has 2 aromatic carbocycles. The molecule has 2 N–H and O–H groups in total. The monoisotopic (exact) mass is 441 g/mol. The first-order valence-corrected chi connectivity index (χ1v) is 11.1. The zero-order valence-corrected chi connectivity index (χ0v) is 19.3. The van der Waals surface area contributed by atoms with Gasteiger partial charge in [-0.1, -0.05) is 25.8 Å². The van der Waals surface area contributed by atoms with Crippen LogP contribution in [0.4, 0.5) is 5.69 Å². The molecule has 0 unspecified atom stereocenters. The van der Waals surface area contributed by atoms with E-state index in [4.69, 9.17) is 17.0 Å². The van der Waals surface area contributed by atoms with Crippen LogP contribution in [0.3, 0.4) is 0 Å². The van der Waals surface area contributed by atoms with Crippen molar-refractivity contribution in [3.05, 3.63) is 59.7 Å². The first kappa shape index (κ1) is 24.3. The summed E-state index contributed by atoms with van der Waals surface area (Å²) in [4.78, 5) is 26.7. The minimum Gasteiger partial charge on any atom is -0.494 e. The summed E-state index contributed by atoms with van der Waals surface area (Å²) < 4.78 is 5.67. The number of benzene rings is 2. The number of carbonyl (C=O) groups excluding carboxylic acids is 2. The molecule has 2 amide bonds. The molecule has 0 radical (unpaired) electrons. The first-order valence-electron chi connectivity index (χ1n) is 10.7. The summed E-state index contributed by atoms with van der Waals surface area (Å²) >= 11 is 5.26. The first-order chi connectivity index (χ1) is 15.0. The molecule has 6 nitrogen and oxygen atoms in total.